The van der Waals surface area contributed by atoms with Crippen molar-refractivity contribution in [1.82, 2.24) is 4.90 Å². The number of hydrogen-bond acceptors (Lipinski definition) is 8. The molecule has 1 aliphatic heterocycles. The van der Waals surface area contributed by atoms with E-state index in [1.54, 1.807) is 73.2 Å². The molecular formula is C28H20Cl2N4O4S2. The summed E-state index contributed by atoms with van der Waals surface area (Å²) in [5.74, 6) is 0.349. The van der Waals surface area contributed by atoms with Crippen LogP contribution < -0.4 is 10.1 Å². The fourth-order valence-corrected chi connectivity index (χ4v) is 5.37. The lowest BCUT2D eigenvalue weighted by atomic mass is 10.2. The van der Waals surface area contributed by atoms with E-state index in [9.17, 15) is 9.59 Å². The van der Waals surface area contributed by atoms with E-state index in [0.717, 1.165) is 4.88 Å². The van der Waals surface area contributed by atoms with Crippen LogP contribution in [-0.2, 0) is 16.1 Å². The highest BCUT2D eigenvalue weighted by molar-refractivity contribution is 8.18. The second-order valence-corrected chi connectivity index (χ2v) is 11.1. The number of ether oxygens (including phenoxy) is 1. The number of rotatable bonds is 9. The lowest BCUT2D eigenvalue weighted by Gasteiger charge is -2.13. The predicted molar refractivity (Wildman–Crippen MR) is 161 cm³/mol. The molecule has 0 bridgehead atoms. The summed E-state index contributed by atoms with van der Waals surface area (Å²) in [5, 5.41) is 14.6. The molecule has 8 nitrogen and oxygen atoms in total. The summed E-state index contributed by atoms with van der Waals surface area (Å²) < 4.78 is 11.2. The van der Waals surface area contributed by atoms with Crippen molar-refractivity contribution >= 4 is 81.3 Å². The third-order valence-corrected chi connectivity index (χ3v) is 7.69. The van der Waals surface area contributed by atoms with Crippen molar-refractivity contribution in [3.8, 4) is 5.75 Å². The van der Waals surface area contributed by atoms with E-state index < -0.39 is 0 Å². The Morgan fingerprint density at radius 2 is 1.90 bits per heavy atom. The van der Waals surface area contributed by atoms with Crippen LogP contribution in [0.25, 0.3) is 6.08 Å². The molecule has 1 N–H and O–H groups in total. The second-order valence-electron chi connectivity index (χ2n) is 8.25. The molecule has 0 spiro atoms. The molecule has 0 radical (unpaired) electrons. The normalized spacial score (nSPS) is 15.4. The number of anilines is 1. The van der Waals surface area contributed by atoms with E-state index in [2.05, 4.69) is 15.5 Å². The minimum Gasteiger partial charge on any atom is -0.483 e. The minimum atomic E-state index is -0.357. The molecule has 5 rings (SSSR count). The molecule has 1 aliphatic rings. The maximum atomic E-state index is 13.4. The van der Waals surface area contributed by atoms with Crippen molar-refractivity contribution in [1.29, 1.82) is 0 Å². The number of nitrogens with one attached hydrogen (secondary N) is 1. The van der Waals surface area contributed by atoms with Gasteiger partial charge in [0.15, 0.2) is 11.8 Å². The molecule has 1 fully saturated rings. The van der Waals surface area contributed by atoms with Gasteiger partial charge in [-0.25, -0.2) is 0 Å². The molecule has 0 atom stereocenters. The molecule has 12 heteroatoms. The van der Waals surface area contributed by atoms with Crippen LogP contribution in [0.3, 0.4) is 0 Å². The molecule has 0 aliphatic carbocycles. The first-order valence-electron chi connectivity index (χ1n) is 11.8. The molecule has 2 aromatic heterocycles. The first kappa shape index (κ1) is 27.7. The van der Waals surface area contributed by atoms with Crippen LogP contribution in [0, 0.1) is 0 Å². The zero-order chi connectivity index (χ0) is 27.9. The summed E-state index contributed by atoms with van der Waals surface area (Å²) in [4.78, 5) is 28.7. The molecule has 4 aromatic rings. The summed E-state index contributed by atoms with van der Waals surface area (Å²) in [6.07, 6.45) is 4.84. The molecule has 0 saturated carbocycles. The number of thiophene rings is 1. The highest BCUT2D eigenvalue weighted by Crippen LogP contribution is 2.36. The number of halogens is 2. The number of amidine groups is 1. The van der Waals surface area contributed by atoms with Gasteiger partial charge in [0.1, 0.15) is 11.5 Å². The fourth-order valence-electron chi connectivity index (χ4n) is 3.56. The van der Waals surface area contributed by atoms with Gasteiger partial charge in [0, 0.05) is 26.2 Å². The van der Waals surface area contributed by atoms with Crippen LogP contribution in [0.5, 0.6) is 5.75 Å². The number of carbonyl (C=O) groups is 2. The third kappa shape index (κ3) is 7.22. The third-order valence-electron chi connectivity index (χ3n) is 5.40. The smallest absolute Gasteiger partial charge is 0.267 e. The first-order chi connectivity index (χ1) is 19.4. The predicted octanol–water partition coefficient (Wildman–Crippen LogP) is 7.17. The molecular weight excluding hydrogens is 591 g/mol. The average molecular weight is 612 g/mol. The lowest BCUT2D eigenvalue weighted by Crippen LogP contribution is -2.28. The van der Waals surface area contributed by atoms with Crippen LogP contribution in [0.2, 0.25) is 10.0 Å². The molecule has 2 aromatic carbocycles. The van der Waals surface area contributed by atoms with E-state index in [1.807, 2.05) is 17.5 Å². The van der Waals surface area contributed by atoms with Crippen molar-refractivity contribution in [2.45, 2.75) is 6.54 Å². The zero-order valence-corrected chi connectivity index (χ0v) is 23.8. The van der Waals surface area contributed by atoms with Crippen LogP contribution in [0.15, 0.2) is 97.9 Å². The summed E-state index contributed by atoms with van der Waals surface area (Å²) in [6.45, 7) is -0.0659. The minimum absolute atomic E-state index is 0.188. The molecule has 3 heterocycles. The second kappa shape index (κ2) is 13.0. The van der Waals surface area contributed by atoms with E-state index in [0.29, 0.717) is 42.9 Å². The Hall–Kier alpha value is -3.83. The zero-order valence-electron chi connectivity index (χ0n) is 20.6. The lowest BCUT2D eigenvalue weighted by molar-refractivity contribution is -0.122. The summed E-state index contributed by atoms with van der Waals surface area (Å²) >= 11 is 14.9. The van der Waals surface area contributed by atoms with Crippen molar-refractivity contribution in [2.75, 3.05) is 11.9 Å². The van der Waals surface area contributed by atoms with Crippen molar-refractivity contribution in [3.63, 3.8) is 0 Å². The van der Waals surface area contributed by atoms with E-state index >= 15 is 0 Å². The number of thioether (sulfide) groups is 1. The summed E-state index contributed by atoms with van der Waals surface area (Å²) in [6, 6.07) is 19.1. The Morgan fingerprint density at radius 3 is 2.65 bits per heavy atom. The van der Waals surface area contributed by atoms with Crippen molar-refractivity contribution in [3.05, 3.63) is 110 Å². The van der Waals surface area contributed by atoms with Crippen LogP contribution >= 0.6 is 46.3 Å². The van der Waals surface area contributed by atoms with Gasteiger partial charge in [-0.15, -0.1) is 16.4 Å². The van der Waals surface area contributed by atoms with Gasteiger partial charge >= 0.3 is 0 Å². The Labute approximate surface area is 247 Å². The molecule has 0 unspecified atom stereocenters. The number of benzene rings is 2. The topological polar surface area (TPSA) is 96.5 Å². The number of carbonyl (C=O) groups excluding carboxylic acids is 2. The van der Waals surface area contributed by atoms with Gasteiger partial charge in [0.25, 0.3) is 11.8 Å². The van der Waals surface area contributed by atoms with E-state index in [-0.39, 0.29) is 25.0 Å². The number of amides is 2. The van der Waals surface area contributed by atoms with Gasteiger partial charge in [-0.3, -0.25) is 14.5 Å². The van der Waals surface area contributed by atoms with E-state index in [4.69, 9.17) is 32.4 Å². The van der Waals surface area contributed by atoms with Gasteiger partial charge in [-0.1, -0.05) is 29.3 Å². The maximum Gasteiger partial charge on any atom is 0.267 e. The number of furan rings is 1. The highest BCUT2D eigenvalue weighted by atomic mass is 35.5. The maximum absolute atomic E-state index is 13.4. The molecule has 1 saturated heterocycles. The summed E-state index contributed by atoms with van der Waals surface area (Å²) in [7, 11) is 0. The summed E-state index contributed by atoms with van der Waals surface area (Å²) in [5.41, 5.74) is 1.12. The van der Waals surface area contributed by atoms with Crippen molar-refractivity contribution < 1.29 is 18.7 Å². The molecule has 202 valence electrons. The fraction of sp³-hybridized carbons (Fsp3) is 0.0714. The molecule has 40 heavy (non-hydrogen) atoms. The Balaban J connectivity index is 1.35. The quantitative estimate of drug-likeness (QED) is 0.123. The Morgan fingerprint density at radius 1 is 1.07 bits per heavy atom. The van der Waals surface area contributed by atoms with Gasteiger partial charge in [0.2, 0.25) is 0 Å². The Kier molecular flexibility index (Phi) is 9.02. The standard InChI is InChI=1S/C28H20Cl2N4O4S2/c29-19-5-8-21(9-6-19)32-26(35)17-38-24-10-7-20(30)13-18(24)14-25-27(36)34(16-22-3-1-11-37-22)28(40-25)33-31-15-23-4-2-12-39-23/h1-15H,16-17H2,(H,32,35)/b25-14-,31-15-,33-28+. The van der Waals surface area contributed by atoms with Crippen LogP contribution in [-0.4, -0.2) is 34.7 Å². The average Bonchev–Trinajstić information content (AvgIpc) is 3.70. The SMILES string of the molecule is O=C(COc1ccc(Cl)cc1/C=C1\S/C(=N/N=C\c2cccs2)N(Cc2ccco2)C1=O)Nc1ccc(Cl)cc1. The van der Waals surface area contributed by atoms with Gasteiger partial charge in [-0.2, -0.15) is 5.10 Å². The number of nitrogens with zero attached hydrogens (tertiary/aromatic N) is 3. The highest BCUT2D eigenvalue weighted by Gasteiger charge is 2.34. The van der Waals surface area contributed by atoms with Crippen molar-refractivity contribution in [2.24, 2.45) is 10.2 Å². The monoisotopic (exact) mass is 610 g/mol. The molecule has 2 amide bonds. The van der Waals surface area contributed by atoms with Gasteiger partial charge in [-0.05, 0) is 83.9 Å². The van der Waals surface area contributed by atoms with Gasteiger partial charge in [0.05, 0.1) is 23.9 Å². The van der Waals surface area contributed by atoms with Crippen LogP contribution in [0.1, 0.15) is 16.2 Å². The van der Waals surface area contributed by atoms with E-state index in [1.165, 1.54) is 28.0 Å². The van der Waals surface area contributed by atoms with Gasteiger partial charge < -0.3 is 14.5 Å². The largest absolute Gasteiger partial charge is 0.483 e. The van der Waals surface area contributed by atoms with Crippen LogP contribution in [0.4, 0.5) is 5.69 Å². The first-order valence-corrected chi connectivity index (χ1v) is 14.3. The Bertz CT molecular complexity index is 1580. The number of hydrogen-bond donors (Lipinski definition) is 1.